The molecule has 0 saturated heterocycles. The van der Waals surface area contributed by atoms with Crippen LogP contribution in [0.2, 0.25) is 0 Å². The van der Waals surface area contributed by atoms with Crippen LogP contribution >= 0.6 is 0 Å². The molecule has 0 fully saturated rings. The van der Waals surface area contributed by atoms with Gasteiger partial charge in [0.1, 0.15) is 5.75 Å². The number of para-hydroxylation sites is 1. The number of rotatable bonds is 9. The summed E-state index contributed by atoms with van der Waals surface area (Å²) in [5.41, 5.74) is 0.886. The third-order valence-corrected chi connectivity index (χ3v) is 3.31. The van der Waals surface area contributed by atoms with Crippen LogP contribution in [0, 0.1) is 5.92 Å². The van der Waals surface area contributed by atoms with Crippen molar-refractivity contribution < 1.29 is 14.6 Å². The number of hydrogen-bond acceptors (Lipinski definition) is 3. The van der Waals surface area contributed by atoms with Crippen LogP contribution in [-0.2, 0) is 4.79 Å². The molecular formula is C17H25NO3. The number of amides is 1. The van der Waals surface area contributed by atoms with Crippen LogP contribution in [0.3, 0.4) is 0 Å². The van der Waals surface area contributed by atoms with Crippen LogP contribution in [0.15, 0.2) is 30.3 Å². The van der Waals surface area contributed by atoms with E-state index in [0.717, 1.165) is 17.7 Å². The van der Waals surface area contributed by atoms with E-state index in [2.05, 4.69) is 12.2 Å². The highest BCUT2D eigenvalue weighted by atomic mass is 16.5. The largest absolute Gasteiger partial charge is 0.493 e. The summed E-state index contributed by atoms with van der Waals surface area (Å²) in [6.45, 7) is 5.33. The second-order valence-corrected chi connectivity index (χ2v) is 4.84. The number of carbonyl (C=O) groups excluding carboxylic acids is 1. The highest BCUT2D eigenvalue weighted by molar-refractivity contribution is 5.92. The van der Waals surface area contributed by atoms with Crippen LogP contribution in [0.5, 0.6) is 5.75 Å². The third-order valence-electron chi connectivity index (χ3n) is 3.31. The van der Waals surface area contributed by atoms with E-state index in [0.29, 0.717) is 25.5 Å². The van der Waals surface area contributed by atoms with Gasteiger partial charge in [0.05, 0.1) is 6.61 Å². The molecule has 2 N–H and O–H groups in total. The van der Waals surface area contributed by atoms with Crippen molar-refractivity contribution in [3.05, 3.63) is 35.9 Å². The molecule has 116 valence electrons. The van der Waals surface area contributed by atoms with Gasteiger partial charge in [-0.25, -0.2) is 0 Å². The summed E-state index contributed by atoms with van der Waals surface area (Å²) in [7, 11) is 0. The summed E-state index contributed by atoms with van der Waals surface area (Å²) >= 11 is 0. The molecule has 0 aliphatic rings. The highest BCUT2D eigenvalue weighted by Crippen LogP contribution is 2.19. The van der Waals surface area contributed by atoms with E-state index in [1.807, 2.05) is 31.2 Å². The first kappa shape index (κ1) is 17.2. The Morgan fingerprint density at radius 3 is 2.81 bits per heavy atom. The SMILES string of the molecule is CCOc1ccccc1/C=C/C(=O)NCC(CC)CCO. The number of carbonyl (C=O) groups is 1. The number of nitrogens with one attached hydrogen (secondary N) is 1. The lowest BCUT2D eigenvalue weighted by molar-refractivity contribution is -0.116. The lowest BCUT2D eigenvalue weighted by Gasteiger charge is -2.13. The molecule has 0 aromatic heterocycles. The molecule has 0 aliphatic heterocycles. The van der Waals surface area contributed by atoms with Crippen molar-refractivity contribution in [1.29, 1.82) is 0 Å². The van der Waals surface area contributed by atoms with Crippen molar-refractivity contribution in [2.24, 2.45) is 5.92 Å². The molecule has 1 rings (SSSR count). The molecule has 1 aromatic carbocycles. The molecule has 4 heteroatoms. The Hall–Kier alpha value is -1.81. The Balaban J connectivity index is 2.54. The maximum atomic E-state index is 11.8. The Bertz CT molecular complexity index is 457. The van der Waals surface area contributed by atoms with Gasteiger partial charge in [0.25, 0.3) is 0 Å². The Labute approximate surface area is 126 Å². The van der Waals surface area contributed by atoms with Crippen LogP contribution in [-0.4, -0.2) is 30.8 Å². The normalized spacial score (nSPS) is 12.3. The molecule has 21 heavy (non-hydrogen) atoms. The summed E-state index contributed by atoms with van der Waals surface area (Å²) in [6.07, 6.45) is 4.93. The van der Waals surface area contributed by atoms with Crippen LogP contribution < -0.4 is 10.1 Å². The van der Waals surface area contributed by atoms with Gasteiger partial charge in [-0.2, -0.15) is 0 Å². The van der Waals surface area contributed by atoms with Crippen molar-refractivity contribution >= 4 is 12.0 Å². The molecule has 0 bridgehead atoms. The van der Waals surface area contributed by atoms with Crippen molar-refractivity contribution in [1.82, 2.24) is 5.32 Å². The second kappa shape index (κ2) is 10.00. The minimum Gasteiger partial charge on any atom is -0.493 e. The van der Waals surface area contributed by atoms with E-state index in [9.17, 15) is 4.79 Å². The van der Waals surface area contributed by atoms with Crippen molar-refractivity contribution in [3.8, 4) is 5.75 Å². The zero-order valence-electron chi connectivity index (χ0n) is 12.8. The Morgan fingerprint density at radius 1 is 1.38 bits per heavy atom. The molecule has 0 aliphatic carbocycles. The van der Waals surface area contributed by atoms with E-state index in [1.54, 1.807) is 6.08 Å². The minimum absolute atomic E-state index is 0.127. The molecule has 1 unspecified atom stereocenters. The van der Waals surface area contributed by atoms with Gasteiger partial charge in [0.15, 0.2) is 0 Å². The number of aliphatic hydroxyl groups excluding tert-OH is 1. The number of benzene rings is 1. The summed E-state index contributed by atoms with van der Waals surface area (Å²) in [6, 6.07) is 7.61. The van der Waals surface area contributed by atoms with Gasteiger partial charge in [0, 0.05) is 24.8 Å². The molecule has 0 radical (unpaired) electrons. The summed E-state index contributed by atoms with van der Waals surface area (Å²) in [5.74, 6) is 0.969. The van der Waals surface area contributed by atoms with Crippen molar-refractivity contribution in [3.63, 3.8) is 0 Å². The molecule has 0 saturated carbocycles. The first-order chi connectivity index (χ1) is 10.2. The first-order valence-corrected chi connectivity index (χ1v) is 7.49. The number of hydrogen-bond donors (Lipinski definition) is 2. The lowest BCUT2D eigenvalue weighted by atomic mass is 10.0. The maximum Gasteiger partial charge on any atom is 0.244 e. The van der Waals surface area contributed by atoms with Gasteiger partial charge in [0.2, 0.25) is 5.91 Å². The summed E-state index contributed by atoms with van der Waals surface area (Å²) in [4.78, 5) is 11.8. The van der Waals surface area contributed by atoms with E-state index in [4.69, 9.17) is 9.84 Å². The van der Waals surface area contributed by atoms with Gasteiger partial charge >= 0.3 is 0 Å². The van der Waals surface area contributed by atoms with Gasteiger partial charge in [-0.05, 0) is 31.4 Å². The predicted molar refractivity (Wildman–Crippen MR) is 85.1 cm³/mol. The van der Waals surface area contributed by atoms with E-state index >= 15 is 0 Å². The monoisotopic (exact) mass is 291 g/mol. The van der Waals surface area contributed by atoms with E-state index in [1.165, 1.54) is 6.08 Å². The van der Waals surface area contributed by atoms with Crippen molar-refractivity contribution in [2.75, 3.05) is 19.8 Å². The zero-order chi connectivity index (χ0) is 15.5. The molecule has 0 heterocycles. The van der Waals surface area contributed by atoms with Crippen LogP contribution in [0.25, 0.3) is 6.08 Å². The van der Waals surface area contributed by atoms with Crippen molar-refractivity contribution in [2.45, 2.75) is 26.7 Å². The molecule has 1 atom stereocenters. The fraction of sp³-hybridized carbons (Fsp3) is 0.471. The third kappa shape index (κ3) is 6.45. The van der Waals surface area contributed by atoms with E-state index in [-0.39, 0.29) is 12.5 Å². The summed E-state index contributed by atoms with van der Waals surface area (Å²) in [5, 5.41) is 11.8. The van der Waals surface area contributed by atoms with Gasteiger partial charge < -0.3 is 15.2 Å². The Morgan fingerprint density at radius 2 is 2.14 bits per heavy atom. The molecule has 1 amide bonds. The standard InChI is InChI=1S/C17H25NO3/c1-3-14(11-12-19)13-18-17(20)10-9-15-7-5-6-8-16(15)21-4-2/h5-10,14,19H,3-4,11-13H2,1-2H3,(H,18,20)/b10-9+. The number of ether oxygens (including phenoxy) is 1. The van der Waals surface area contributed by atoms with E-state index < -0.39 is 0 Å². The molecule has 1 aromatic rings. The molecular weight excluding hydrogens is 266 g/mol. The highest BCUT2D eigenvalue weighted by Gasteiger charge is 2.06. The van der Waals surface area contributed by atoms with Gasteiger partial charge in [-0.1, -0.05) is 31.5 Å². The first-order valence-electron chi connectivity index (χ1n) is 7.49. The Kier molecular flexibility index (Phi) is 8.21. The minimum atomic E-state index is -0.127. The zero-order valence-corrected chi connectivity index (χ0v) is 12.8. The van der Waals surface area contributed by atoms with Gasteiger partial charge in [-0.15, -0.1) is 0 Å². The average molecular weight is 291 g/mol. The molecule has 4 nitrogen and oxygen atoms in total. The van der Waals surface area contributed by atoms with Crippen LogP contribution in [0.1, 0.15) is 32.3 Å². The topological polar surface area (TPSA) is 58.6 Å². The molecule has 0 spiro atoms. The maximum absolute atomic E-state index is 11.8. The lowest BCUT2D eigenvalue weighted by Crippen LogP contribution is -2.28. The fourth-order valence-corrected chi connectivity index (χ4v) is 2.01. The van der Waals surface area contributed by atoms with Crippen LogP contribution in [0.4, 0.5) is 0 Å². The number of aliphatic hydroxyl groups is 1. The fourth-order valence-electron chi connectivity index (χ4n) is 2.01. The predicted octanol–water partition coefficient (Wildman–Crippen LogP) is 2.62. The summed E-state index contributed by atoms with van der Waals surface area (Å²) < 4.78 is 5.51. The van der Waals surface area contributed by atoms with Gasteiger partial charge in [-0.3, -0.25) is 4.79 Å². The second-order valence-electron chi connectivity index (χ2n) is 4.84. The quantitative estimate of drug-likeness (QED) is 0.688. The smallest absolute Gasteiger partial charge is 0.244 e. The average Bonchev–Trinajstić information content (AvgIpc) is 2.50.